The topological polar surface area (TPSA) is 70.0 Å². The lowest BCUT2D eigenvalue weighted by molar-refractivity contribution is 0.437. The molecule has 0 heterocycles. The molecule has 0 aliphatic heterocycles. The molecule has 5 heteroatoms. The fourth-order valence-electron chi connectivity index (χ4n) is 2.68. The van der Waals surface area contributed by atoms with Crippen molar-refractivity contribution in [2.75, 3.05) is 12.3 Å². The summed E-state index contributed by atoms with van der Waals surface area (Å²) >= 11 is 0. The second-order valence-electron chi connectivity index (χ2n) is 5.42. The first-order chi connectivity index (χ1) is 9.53. The van der Waals surface area contributed by atoms with Crippen molar-refractivity contribution in [1.29, 1.82) is 5.26 Å². The molecule has 0 spiro atoms. The van der Waals surface area contributed by atoms with E-state index >= 15 is 0 Å². The van der Waals surface area contributed by atoms with Crippen LogP contribution < -0.4 is 5.32 Å². The number of sulfone groups is 1. The maximum absolute atomic E-state index is 12.2. The molecule has 2 atom stereocenters. The Morgan fingerprint density at radius 1 is 1.30 bits per heavy atom. The highest BCUT2D eigenvalue weighted by Crippen LogP contribution is 2.24. The molecule has 1 aromatic rings. The molecule has 0 aromatic heterocycles. The lowest BCUT2D eigenvalue weighted by Gasteiger charge is -2.17. The van der Waals surface area contributed by atoms with Gasteiger partial charge in [-0.05, 0) is 43.0 Å². The highest BCUT2D eigenvalue weighted by Gasteiger charge is 2.23. The van der Waals surface area contributed by atoms with Crippen LogP contribution in [-0.2, 0) is 9.84 Å². The van der Waals surface area contributed by atoms with Crippen molar-refractivity contribution in [2.24, 2.45) is 5.92 Å². The molecule has 2 rings (SSSR count). The Morgan fingerprint density at radius 3 is 2.55 bits per heavy atom. The summed E-state index contributed by atoms with van der Waals surface area (Å²) in [6.07, 6.45) is 3.58. The van der Waals surface area contributed by atoms with Crippen molar-refractivity contribution in [3.8, 4) is 6.07 Å². The molecule has 1 aromatic carbocycles. The summed E-state index contributed by atoms with van der Waals surface area (Å²) in [5.74, 6) is 0.731. The molecule has 1 aliphatic carbocycles. The molecule has 0 bridgehead atoms. The van der Waals surface area contributed by atoms with E-state index in [1.54, 1.807) is 12.1 Å². The number of hydrogen-bond acceptors (Lipinski definition) is 4. The largest absolute Gasteiger partial charge is 0.313 e. The summed E-state index contributed by atoms with van der Waals surface area (Å²) in [5.41, 5.74) is 0.474. The Hall–Kier alpha value is -1.38. The van der Waals surface area contributed by atoms with Gasteiger partial charge >= 0.3 is 0 Å². The van der Waals surface area contributed by atoms with Crippen molar-refractivity contribution in [3.63, 3.8) is 0 Å². The van der Waals surface area contributed by atoms with E-state index in [4.69, 9.17) is 5.26 Å². The molecular formula is C15H20N2O2S. The SMILES string of the molecule is CC1CCCC1NCCS(=O)(=O)c1ccc(C#N)cc1. The van der Waals surface area contributed by atoms with Crippen molar-refractivity contribution >= 4 is 9.84 Å². The number of nitrogens with one attached hydrogen (secondary N) is 1. The van der Waals surface area contributed by atoms with Crippen LogP contribution in [0.1, 0.15) is 31.7 Å². The minimum absolute atomic E-state index is 0.0993. The number of benzene rings is 1. The number of nitrogens with zero attached hydrogens (tertiary/aromatic N) is 1. The summed E-state index contributed by atoms with van der Waals surface area (Å²) < 4.78 is 24.3. The highest BCUT2D eigenvalue weighted by atomic mass is 32.2. The fraction of sp³-hybridized carbons (Fsp3) is 0.533. The summed E-state index contributed by atoms with van der Waals surface area (Å²) in [7, 11) is -3.27. The van der Waals surface area contributed by atoms with E-state index in [0.717, 1.165) is 6.42 Å². The van der Waals surface area contributed by atoms with Gasteiger partial charge in [-0.25, -0.2) is 8.42 Å². The van der Waals surface area contributed by atoms with Crippen LogP contribution in [0.5, 0.6) is 0 Å². The van der Waals surface area contributed by atoms with Gasteiger partial charge in [-0.1, -0.05) is 13.3 Å². The standard InChI is InChI=1S/C15H20N2O2S/c1-12-3-2-4-15(12)17-9-10-20(18,19)14-7-5-13(11-16)6-8-14/h5-8,12,15,17H,2-4,9-10H2,1H3. The molecule has 1 saturated carbocycles. The van der Waals surface area contributed by atoms with E-state index in [1.807, 2.05) is 6.07 Å². The molecular weight excluding hydrogens is 272 g/mol. The lowest BCUT2D eigenvalue weighted by atomic mass is 10.1. The van der Waals surface area contributed by atoms with Gasteiger partial charge in [-0.15, -0.1) is 0 Å². The van der Waals surface area contributed by atoms with Crippen LogP contribution in [0.4, 0.5) is 0 Å². The molecule has 0 saturated heterocycles. The van der Waals surface area contributed by atoms with E-state index < -0.39 is 9.84 Å². The van der Waals surface area contributed by atoms with Gasteiger partial charge in [-0.3, -0.25) is 0 Å². The molecule has 4 nitrogen and oxygen atoms in total. The number of rotatable bonds is 5. The van der Waals surface area contributed by atoms with Crippen LogP contribution in [0.15, 0.2) is 29.2 Å². The van der Waals surface area contributed by atoms with Gasteiger partial charge in [0.15, 0.2) is 9.84 Å². The first-order valence-corrected chi connectivity index (χ1v) is 8.64. The maximum Gasteiger partial charge on any atom is 0.179 e. The van der Waals surface area contributed by atoms with Crippen molar-refractivity contribution in [3.05, 3.63) is 29.8 Å². The van der Waals surface area contributed by atoms with Crippen LogP contribution in [0.25, 0.3) is 0 Å². The van der Waals surface area contributed by atoms with Gasteiger partial charge in [0.1, 0.15) is 0 Å². The van der Waals surface area contributed by atoms with E-state index in [9.17, 15) is 8.42 Å². The predicted molar refractivity (Wildman–Crippen MR) is 78.0 cm³/mol. The zero-order valence-corrected chi connectivity index (χ0v) is 12.5. The summed E-state index contributed by atoms with van der Waals surface area (Å²) in [6.45, 7) is 2.69. The smallest absolute Gasteiger partial charge is 0.179 e. The zero-order chi connectivity index (χ0) is 14.6. The van der Waals surface area contributed by atoms with Gasteiger partial charge in [0.25, 0.3) is 0 Å². The molecule has 0 radical (unpaired) electrons. The molecule has 1 aliphatic rings. The average Bonchev–Trinajstić information content (AvgIpc) is 2.84. The quantitative estimate of drug-likeness (QED) is 0.902. The van der Waals surface area contributed by atoms with Gasteiger partial charge in [-0.2, -0.15) is 5.26 Å². The lowest BCUT2D eigenvalue weighted by Crippen LogP contribution is -2.34. The van der Waals surface area contributed by atoms with Crippen LogP contribution in [0, 0.1) is 17.2 Å². The van der Waals surface area contributed by atoms with E-state index in [0.29, 0.717) is 24.1 Å². The monoisotopic (exact) mass is 292 g/mol. The fourth-order valence-corrected chi connectivity index (χ4v) is 3.86. The van der Waals surface area contributed by atoms with Crippen molar-refractivity contribution in [1.82, 2.24) is 5.32 Å². The van der Waals surface area contributed by atoms with Crippen LogP contribution >= 0.6 is 0 Å². The third-order valence-corrected chi connectivity index (χ3v) is 5.71. The van der Waals surface area contributed by atoms with Crippen molar-refractivity contribution < 1.29 is 8.42 Å². The number of nitriles is 1. The van der Waals surface area contributed by atoms with Crippen LogP contribution in [0.2, 0.25) is 0 Å². The van der Waals surface area contributed by atoms with E-state index in [-0.39, 0.29) is 10.6 Å². The second kappa shape index (κ2) is 6.38. The second-order valence-corrected chi connectivity index (χ2v) is 7.53. The third kappa shape index (κ3) is 3.59. The minimum atomic E-state index is -3.27. The number of hydrogen-bond donors (Lipinski definition) is 1. The normalized spacial score (nSPS) is 22.6. The average molecular weight is 292 g/mol. The molecule has 0 amide bonds. The Balaban J connectivity index is 1.91. The van der Waals surface area contributed by atoms with Crippen molar-refractivity contribution in [2.45, 2.75) is 37.1 Å². The minimum Gasteiger partial charge on any atom is -0.313 e. The first-order valence-electron chi connectivity index (χ1n) is 6.99. The highest BCUT2D eigenvalue weighted by molar-refractivity contribution is 7.91. The van der Waals surface area contributed by atoms with Crippen LogP contribution in [0.3, 0.4) is 0 Å². The van der Waals surface area contributed by atoms with Gasteiger partial charge in [0.05, 0.1) is 22.3 Å². The maximum atomic E-state index is 12.2. The molecule has 108 valence electrons. The molecule has 1 N–H and O–H groups in total. The van der Waals surface area contributed by atoms with Gasteiger partial charge in [0, 0.05) is 12.6 Å². The summed E-state index contributed by atoms with van der Waals surface area (Å²) in [6, 6.07) is 8.53. The molecule has 20 heavy (non-hydrogen) atoms. The Kier molecular flexibility index (Phi) is 4.79. The predicted octanol–water partition coefficient (Wildman–Crippen LogP) is 2.11. The van der Waals surface area contributed by atoms with E-state index in [1.165, 1.54) is 25.0 Å². The van der Waals surface area contributed by atoms with Gasteiger partial charge < -0.3 is 5.32 Å². The molecule has 1 fully saturated rings. The van der Waals surface area contributed by atoms with E-state index in [2.05, 4.69) is 12.2 Å². The summed E-state index contributed by atoms with van der Waals surface area (Å²) in [4.78, 5) is 0.290. The Bertz CT molecular complexity index is 587. The molecule has 2 unspecified atom stereocenters. The Morgan fingerprint density at radius 2 is 2.00 bits per heavy atom. The van der Waals surface area contributed by atoms with Gasteiger partial charge in [0.2, 0.25) is 0 Å². The van der Waals surface area contributed by atoms with Crippen LogP contribution in [-0.4, -0.2) is 26.8 Å². The Labute approximate surface area is 120 Å². The summed E-state index contributed by atoms with van der Waals surface area (Å²) in [5, 5.41) is 12.1. The first kappa shape index (κ1) is 15.0. The third-order valence-electron chi connectivity index (χ3n) is 3.98. The zero-order valence-electron chi connectivity index (χ0n) is 11.7.